The summed E-state index contributed by atoms with van der Waals surface area (Å²) < 4.78 is 28.8. The fourth-order valence-corrected chi connectivity index (χ4v) is 2.56. The Morgan fingerprint density at radius 3 is 2.57 bits per heavy atom. The van der Waals surface area contributed by atoms with Crippen LogP contribution in [0.4, 0.5) is 25.2 Å². The Kier molecular flexibility index (Phi) is 6.03. The molecule has 3 N–H and O–H groups in total. The van der Waals surface area contributed by atoms with Crippen molar-refractivity contribution >= 4 is 30.1 Å². The van der Waals surface area contributed by atoms with Crippen molar-refractivity contribution in [2.75, 3.05) is 10.6 Å². The van der Waals surface area contributed by atoms with Crippen LogP contribution in [0.5, 0.6) is 0 Å². The van der Waals surface area contributed by atoms with Gasteiger partial charge in [-0.05, 0) is 13.0 Å². The number of halogens is 3. The summed E-state index contributed by atoms with van der Waals surface area (Å²) in [6.07, 6.45) is 1.86. The molecule has 0 saturated carbocycles. The second-order valence-electron chi connectivity index (χ2n) is 5.57. The van der Waals surface area contributed by atoms with Crippen LogP contribution in [0.15, 0.2) is 24.7 Å². The number of amides is 1. The van der Waals surface area contributed by atoms with Gasteiger partial charge in [0.05, 0.1) is 24.6 Å². The van der Waals surface area contributed by atoms with E-state index in [0.717, 1.165) is 11.0 Å². The third kappa shape index (κ3) is 3.81. The molecule has 0 aliphatic heterocycles. The van der Waals surface area contributed by atoms with E-state index in [9.17, 15) is 18.7 Å². The van der Waals surface area contributed by atoms with Gasteiger partial charge in [0.15, 0.2) is 11.5 Å². The molecule has 13 heteroatoms. The number of carboxylic acid groups (broad SMARTS) is 1. The van der Waals surface area contributed by atoms with E-state index in [-0.39, 0.29) is 41.0 Å². The first-order valence-electron chi connectivity index (χ1n) is 7.60. The molecule has 0 unspecified atom stereocenters. The molecule has 28 heavy (non-hydrogen) atoms. The Bertz CT molecular complexity index is 998. The minimum Gasteiger partial charge on any atom is -0.465 e. The van der Waals surface area contributed by atoms with Crippen molar-refractivity contribution in [3.8, 4) is 11.4 Å². The summed E-state index contributed by atoms with van der Waals surface area (Å²) in [5.41, 5.74) is 5.56. The average Bonchev–Trinajstić information content (AvgIpc) is 2.99. The van der Waals surface area contributed by atoms with Gasteiger partial charge in [-0.2, -0.15) is 4.39 Å². The van der Waals surface area contributed by atoms with Crippen LogP contribution in [0.3, 0.4) is 0 Å². The van der Waals surface area contributed by atoms with Crippen molar-refractivity contribution in [2.45, 2.75) is 13.0 Å². The predicted molar refractivity (Wildman–Crippen MR) is 96.8 cm³/mol. The molecule has 3 heterocycles. The summed E-state index contributed by atoms with van der Waals surface area (Å²) in [7, 11) is 1.46. The maximum absolute atomic E-state index is 14.1. The lowest BCUT2D eigenvalue weighted by Crippen LogP contribution is -2.34. The first kappa shape index (κ1) is 20.9. The zero-order valence-corrected chi connectivity index (χ0v) is 15.4. The highest BCUT2D eigenvalue weighted by Gasteiger charge is 2.32. The standard InChI is InChI=1S/C15H14F2N8O2.ClH/c1-7(9-3-8(16)4-21-13(9)17)25(15(26)27)14-12(22-23-24(14)2)10-5-20-11(18)6-19-10;/h3-7H,1-2H3,(H2,18,20)(H,26,27);1H/t7-;/m1./s1. The van der Waals surface area contributed by atoms with E-state index in [4.69, 9.17) is 5.73 Å². The minimum absolute atomic E-state index is 0. The Balaban J connectivity index is 0.00000280. The predicted octanol–water partition coefficient (Wildman–Crippen LogP) is 2.19. The van der Waals surface area contributed by atoms with Crippen molar-refractivity contribution in [3.63, 3.8) is 0 Å². The molecule has 3 rings (SSSR count). The maximum atomic E-state index is 14.1. The average molecular weight is 413 g/mol. The van der Waals surface area contributed by atoms with Gasteiger partial charge in [-0.25, -0.2) is 28.8 Å². The molecule has 3 aromatic heterocycles. The number of nitrogens with two attached hydrogens (primary N) is 1. The molecule has 10 nitrogen and oxygen atoms in total. The van der Waals surface area contributed by atoms with Gasteiger partial charge < -0.3 is 10.8 Å². The van der Waals surface area contributed by atoms with Gasteiger partial charge in [0.25, 0.3) is 0 Å². The van der Waals surface area contributed by atoms with Crippen LogP contribution in [0, 0.1) is 11.8 Å². The number of pyridine rings is 1. The van der Waals surface area contributed by atoms with Crippen LogP contribution < -0.4 is 10.6 Å². The van der Waals surface area contributed by atoms with Gasteiger partial charge in [0, 0.05) is 12.6 Å². The van der Waals surface area contributed by atoms with Crippen LogP contribution in [0.25, 0.3) is 11.4 Å². The second-order valence-corrected chi connectivity index (χ2v) is 5.57. The van der Waals surface area contributed by atoms with Crippen LogP contribution in [-0.2, 0) is 7.05 Å². The van der Waals surface area contributed by atoms with E-state index in [1.54, 1.807) is 0 Å². The Hall–Kier alpha value is -3.41. The highest BCUT2D eigenvalue weighted by atomic mass is 35.5. The fraction of sp³-hybridized carbons (Fsp3) is 0.200. The molecule has 0 aromatic carbocycles. The molecule has 0 aliphatic carbocycles. The zero-order chi connectivity index (χ0) is 19.7. The van der Waals surface area contributed by atoms with Crippen LogP contribution in [0.1, 0.15) is 18.5 Å². The minimum atomic E-state index is -1.43. The fourth-order valence-electron chi connectivity index (χ4n) is 2.56. The lowest BCUT2D eigenvalue weighted by Gasteiger charge is -2.26. The van der Waals surface area contributed by atoms with Gasteiger partial charge in [-0.15, -0.1) is 17.5 Å². The number of nitrogen functional groups attached to an aromatic ring is 1. The topological polar surface area (TPSA) is 136 Å². The number of hydrogen-bond donors (Lipinski definition) is 2. The summed E-state index contributed by atoms with van der Waals surface area (Å²) in [5.74, 6) is -1.62. The molecular weight excluding hydrogens is 398 g/mol. The summed E-state index contributed by atoms with van der Waals surface area (Å²) >= 11 is 0. The monoisotopic (exact) mass is 412 g/mol. The van der Waals surface area contributed by atoms with Gasteiger partial charge in [-0.1, -0.05) is 5.21 Å². The molecular formula is C15H15ClF2N8O2. The van der Waals surface area contributed by atoms with Gasteiger partial charge in [0.1, 0.15) is 17.3 Å². The molecule has 148 valence electrons. The van der Waals surface area contributed by atoms with Crippen molar-refractivity contribution in [1.82, 2.24) is 29.9 Å². The van der Waals surface area contributed by atoms with Crippen LogP contribution in [0.2, 0.25) is 0 Å². The molecule has 0 spiro atoms. The lowest BCUT2D eigenvalue weighted by molar-refractivity contribution is 0.199. The van der Waals surface area contributed by atoms with Crippen molar-refractivity contribution in [2.24, 2.45) is 7.05 Å². The van der Waals surface area contributed by atoms with E-state index in [2.05, 4.69) is 25.3 Å². The quantitative estimate of drug-likeness (QED) is 0.622. The zero-order valence-electron chi connectivity index (χ0n) is 14.6. The summed E-state index contributed by atoms with van der Waals surface area (Å²) in [6.45, 7) is 1.39. The molecule has 0 fully saturated rings. The van der Waals surface area contributed by atoms with E-state index < -0.39 is 23.9 Å². The molecule has 0 saturated heterocycles. The van der Waals surface area contributed by atoms with E-state index in [1.807, 2.05) is 0 Å². The van der Waals surface area contributed by atoms with Gasteiger partial charge >= 0.3 is 6.09 Å². The van der Waals surface area contributed by atoms with Crippen LogP contribution in [-0.4, -0.2) is 41.1 Å². The SMILES string of the molecule is C[C@H](c1cc(F)cnc1F)N(C(=O)O)c1c(-c2cnc(N)cn2)nnn1C.Cl. The molecule has 1 atom stereocenters. The summed E-state index contributed by atoms with van der Waals surface area (Å²) in [5, 5.41) is 17.5. The first-order valence-corrected chi connectivity index (χ1v) is 7.60. The Morgan fingerprint density at radius 2 is 1.96 bits per heavy atom. The third-order valence-corrected chi connectivity index (χ3v) is 3.82. The summed E-state index contributed by atoms with van der Waals surface area (Å²) in [6, 6.07) is -0.251. The molecule has 3 aromatic rings. The number of rotatable bonds is 4. The highest BCUT2D eigenvalue weighted by molar-refractivity contribution is 5.90. The largest absolute Gasteiger partial charge is 0.465 e. The lowest BCUT2D eigenvalue weighted by atomic mass is 10.1. The number of aromatic nitrogens is 6. The number of nitrogens with zero attached hydrogens (tertiary/aromatic N) is 7. The van der Waals surface area contributed by atoms with Crippen LogP contribution >= 0.6 is 12.4 Å². The van der Waals surface area contributed by atoms with E-state index in [0.29, 0.717) is 6.20 Å². The molecule has 0 bridgehead atoms. The number of hydrogen-bond acceptors (Lipinski definition) is 7. The van der Waals surface area contributed by atoms with E-state index in [1.165, 1.54) is 31.0 Å². The number of carbonyl (C=O) groups is 1. The smallest absolute Gasteiger partial charge is 0.413 e. The van der Waals surface area contributed by atoms with Gasteiger partial charge in [0.2, 0.25) is 5.95 Å². The molecule has 1 amide bonds. The van der Waals surface area contributed by atoms with E-state index >= 15 is 0 Å². The van der Waals surface area contributed by atoms with Crippen molar-refractivity contribution in [3.05, 3.63) is 42.0 Å². The molecule has 0 aliphatic rings. The number of aryl methyl sites for hydroxylation is 1. The molecule has 0 radical (unpaired) electrons. The maximum Gasteiger partial charge on any atom is 0.413 e. The third-order valence-electron chi connectivity index (χ3n) is 3.82. The normalized spacial score (nSPS) is 11.6. The van der Waals surface area contributed by atoms with Gasteiger partial charge in [-0.3, -0.25) is 4.90 Å². The Morgan fingerprint density at radius 1 is 1.25 bits per heavy atom. The Labute approximate surface area is 163 Å². The number of anilines is 2. The highest BCUT2D eigenvalue weighted by Crippen LogP contribution is 2.33. The van der Waals surface area contributed by atoms with Crippen molar-refractivity contribution in [1.29, 1.82) is 0 Å². The summed E-state index contributed by atoms with van der Waals surface area (Å²) in [4.78, 5) is 24.0. The first-order chi connectivity index (χ1) is 12.8. The second kappa shape index (κ2) is 8.08. The van der Waals surface area contributed by atoms with Crippen molar-refractivity contribution < 1.29 is 18.7 Å².